The van der Waals surface area contributed by atoms with Gasteiger partial charge in [0.1, 0.15) is 0 Å². The van der Waals surface area contributed by atoms with Crippen LogP contribution in [0, 0.1) is 0 Å². The van der Waals surface area contributed by atoms with E-state index < -0.39 is 0 Å². The molecule has 0 N–H and O–H groups in total. The molecular weight excluding hydrogens is 265 g/mol. The number of hydrogen-bond acceptors (Lipinski definition) is 1. The maximum atomic E-state index is 6.06. The Hall–Kier alpha value is -1.57. The van der Waals surface area contributed by atoms with Crippen molar-refractivity contribution in [2.75, 3.05) is 0 Å². The van der Waals surface area contributed by atoms with Crippen LogP contribution in [0.2, 0.25) is 10.0 Å². The summed E-state index contributed by atoms with van der Waals surface area (Å²) in [6, 6.07) is 15.7. The zero-order chi connectivity index (χ0) is 12.5. The molecule has 0 atom stereocenters. The lowest BCUT2D eigenvalue weighted by molar-refractivity contribution is 1.41. The van der Waals surface area contributed by atoms with Crippen LogP contribution >= 0.6 is 23.2 Å². The van der Waals surface area contributed by atoms with Crippen molar-refractivity contribution in [1.29, 1.82) is 0 Å². The van der Waals surface area contributed by atoms with E-state index in [2.05, 4.69) is 4.98 Å². The second-order valence-electron chi connectivity index (χ2n) is 4.01. The molecule has 0 saturated heterocycles. The Kier molecular flexibility index (Phi) is 2.94. The molecule has 0 aliphatic carbocycles. The zero-order valence-corrected chi connectivity index (χ0v) is 10.9. The van der Waals surface area contributed by atoms with Crippen LogP contribution in [0.1, 0.15) is 0 Å². The Morgan fingerprint density at radius 3 is 2.50 bits per heavy atom. The van der Waals surface area contributed by atoms with Gasteiger partial charge in [0.15, 0.2) is 0 Å². The molecule has 1 aromatic heterocycles. The van der Waals surface area contributed by atoms with Crippen LogP contribution in [-0.2, 0) is 0 Å². The molecule has 0 unspecified atom stereocenters. The van der Waals surface area contributed by atoms with Crippen molar-refractivity contribution >= 4 is 34.1 Å². The van der Waals surface area contributed by atoms with Crippen molar-refractivity contribution in [1.82, 2.24) is 4.98 Å². The molecule has 3 aromatic rings. The summed E-state index contributed by atoms with van der Waals surface area (Å²) in [5.41, 5.74) is 3.05. The van der Waals surface area contributed by atoms with E-state index in [1.807, 2.05) is 42.5 Å². The minimum absolute atomic E-state index is 0.558. The summed E-state index contributed by atoms with van der Waals surface area (Å²) >= 11 is 12.0. The quantitative estimate of drug-likeness (QED) is 0.593. The number of rotatable bonds is 1. The first-order chi connectivity index (χ1) is 8.75. The fourth-order valence-corrected chi connectivity index (χ4v) is 2.30. The number of para-hydroxylation sites is 1. The molecule has 0 spiro atoms. The Balaban J connectivity index is 2.28. The van der Waals surface area contributed by atoms with Gasteiger partial charge in [-0.25, -0.2) is 0 Å². The number of benzene rings is 2. The molecule has 0 fully saturated rings. The van der Waals surface area contributed by atoms with Crippen LogP contribution in [-0.4, -0.2) is 4.98 Å². The molecule has 1 nitrogen and oxygen atoms in total. The first-order valence-corrected chi connectivity index (χ1v) is 6.30. The van der Waals surface area contributed by atoms with E-state index in [0.717, 1.165) is 22.0 Å². The maximum Gasteiger partial charge on any atom is 0.0780 e. The van der Waals surface area contributed by atoms with Crippen LogP contribution in [0.15, 0.2) is 54.7 Å². The lowest BCUT2D eigenvalue weighted by Gasteiger charge is -2.06. The standard InChI is InChI=1S/C15H9Cl2N/c16-13-7-6-11(9-14(13)17)12-5-1-3-10-4-2-8-18-15(10)12/h1-9H. The number of halogens is 2. The summed E-state index contributed by atoms with van der Waals surface area (Å²) in [6.45, 7) is 0. The summed E-state index contributed by atoms with van der Waals surface area (Å²) in [6.07, 6.45) is 1.79. The van der Waals surface area contributed by atoms with Gasteiger partial charge >= 0.3 is 0 Å². The SMILES string of the molecule is Clc1ccc(-c2cccc3cccnc23)cc1Cl. The molecule has 0 bridgehead atoms. The summed E-state index contributed by atoms with van der Waals surface area (Å²) < 4.78 is 0. The van der Waals surface area contributed by atoms with Gasteiger partial charge in [-0.05, 0) is 23.8 Å². The smallest absolute Gasteiger partial charge is 0.0780 e. The number of fused-ring (bicyclic) bond motifs is 1. The Morgan fingerprint density at radius 1 is 0.833 bits per heavy atom. The van der Waals surface area contributed by atoms with E-state index in [-0.39, 0.29) is 0 Å². The van der Waals surface area contributed by atoms with Gasteiger partial charge in [-0.15, -0.1) is 0 Å². The normalized spacial score (nSPS) is 10.8. The third-order valence-electron chi connectivity index (χ3n) is 2.86. The molecule has 0 saturated carbocycles. The summed E-state index contributed by atoms with van der Waals surface area (Å²) in [5.74, 6) is 0. The molecule has 3 rings (SSSR count). The highest BCUT2D eigenvalue weighted by atomic mass is 35.5. The van der Waals surface area contributed by atoms with E-state index in [9.17, 15) is 0 Å². The van der Waals surface area contributed by atoms with Crippen molar-refractivity contribution in [2.24, 2.45) is 0 Å². The fourth-order valence-electron chi connectivity index (χ4n) is 2.00. The van der Waals surface area contributed by atoms with E-state index in [1.165, 1.54) is 0 Å². The number of pyridine rings is 1. The summed E-state index contributed by atoms with van der Waals surface area (Å²) in [7, 11) is 0. The highest BCUT2D eigenvalue weighted by Crippen LogP contribution is 2.31. The van der Waals surface area contributed by atoms with Gasteiger partial charge in [-0.2, -0.15) is 0 Å². The monoisotopic (exact) mass is 273 g/mol. The van der Waals surface area contributed by atoms with Crippen LogP contribution in [0.5, 0.6) is 0 Å². The van der Waals surface area contributed by atoms with Gasteiger partial charge in [-0.3, -0.25) is 4.98 Å². The first-order valence-electron chi connectivity index (χ1n) is 5.55. The van der Waals surface area contributed by atoms with Crippen molar-refractivity contribution in [3.63, 3.8) is 0 Å². The van der Waals surface area contributed by atoms with Gasteiger partial charge in [0.05, 0.1) is 15.6 Å². The molecule has 88 valence electrons. The predicted molar refractivity (Wildman–Crippen MR) is 77.2 cm³/mol. The third-order valence-corrected chi connectivity index (χ3v) is 3.60. The van der Waals surface area contributed by atoms with Crippen LogP contribution in [0.3, 0.4) is 0 Å². The van der Waals surface area contributed by atoms with E-state index >= 15 is 0 Å². The zero-order valence-electron chi connectivity index (χ0n) is 9.40. The molecule has 2 aromatic carbocycles. The molecule has 0 aliphatic rings. The molecule has 1 heterocycles. The predicted octanol–water partition coefficient (Wildman–Crippen LogP) is 5.21. The molecule has 18 heavy (non-hydrogen) atoms. The second kappa shape index (κ2) is 4.60. The van der Waals surface area contributed by atoms with Gasteiger partial charge in [0, 0.05) is 17.1 Å². The van der Waals surface area contributed by atoms with E-state index in [0.29, 0.717) is 10.0 Å². The Morgan fingerprint density at radius 2 is 1.67 bits per heavy atom. The van der Waals surface area contributed by atoms with Crippen molar-refractivity contribution in [2.45, 2.75) is 0 Å². The maximum absolute atomic E-state index is 6.06. The number of nitrogens with zero attached hydrogens (tertiary/aromatic N) is 1. The molecule has 0 aliphatic heterocycles. The lowest BCUT2D eigenvalue weighted by Crippen LogP contribution is -1.84. The van der Waals surface area contributed by atoms with Crippen molar-refractivity contribution in [3.8, 4) is 11.1 Å². The summed E-state index contributed by atoms with van der Waals surface area (Å²) in [5, 5.41) is 2.23. The fraction of sp³-hybridized carbons (Fsp3) is 0. The first kappa shape index (κ1) is 11.5. The Bertz CT molecular complexity index is 717. The Labute approximate surface area is 115 Å². The largest absolute Gasteiger partial charge is 0.256 e. The van der Waals surface area contributed by atoms with Crippen LogP contribution in [0.4, 0.5) is 0 Å². The van der Waals surface area contributed by atoms with E-state index in [1.54, 1.807) is 12.3 Å². The topological polar surface area (TPSA) is 12.9 Å². The third kappa shape index (κ3) is 1.96. The van der Waals surface area contributed by atoms with Crippen LogP contribution < -0.4 is 0 Å². The number of hydrogen-bond donors (Lipinski definition) is 0. The lowest BCUT2D eigenvalue weighted by atomic mass is 10.0. The molecule has 3 heteroatoms. The molecular formula is C15H9Cl2N. The van der Waals surface area contributed by atoms with Crippen molar-refractivity contribution < 1.29 is 0 Å². The second-order valence-corrected chi connectivity index (χ2v) is 4.82. The average molecular weight is 274 g/mol. The van der Waals surface area contributed by atoms with Gasteiger partial charge in [-0.1, -0.05) is 53.5 Å². The highest BCUT2D eigenvalue weighted by molar-refractivity contribution is 6.42. The van der Waals surface area contributed by atoms with Crippen LogP contribution in [0.25, 0.3) is 22.0 Å². The van der Waals surface area contributed by atoms with E-state index in [4.69, 9.17) is 23.2 Å². The average Bonchev–Trinajstić information content (AvgIpc) is 2.41. The number of aromatic nitrogens is 1. The van der Waals surface area contributed by atoms with Gasteiger partial charge in [0.25, 0.3) is 0 Å². The summed E-state index contributed by atoms with van der Waals surface area (Å²) in [4.78, 5) is 4.43. The van der Waals surface area contributed by atoms with Gasteiger partial charge < -0.3 is 0 Å². The van der Waals surface area contributed by atoms with Gasteiger partial charge in [0.2, 0.25) is 0 Å². The highest BCUT2D eigenvalue weighted by Gasteiger charge is 2.06. The molecule has 0 radical (unpaired) electrons. The minimum Gasteiger partial charge on any atom is -0.256 e. The molecule has 0 amide bonds. The van der Waals surface area contributed by atoms with Crippen molar-refractivity contribution in [3.05, 3.63) is 64.8 Å². The minimum atomic E-state index is 0.558.